The molecule has 4 aliphatic rings. The molecule has 32 heavy (non-hydrogen) atoms. The number of hydrogen-bond donors (Lipinski definition) is 1. The third-order valence-corrected chi connectivity index (χ3v) is 7.93. The van der Waals surface area contributed by atoms with Crippen LogP contribution in [0.15, 0.2) is 17.7 Å². The first-order valence-electron chi connectivity index (χ1n) is 11.8. The maximum atomic E-state index is 13.7. The van der Waals surface area contributed by atoms with Crippen molar-refractivity contribution in [1.82, 2.24) is 20.2 Å². The highest BCUT2D eigenvalue weighted by atomic mass is 19.3. The number of piperidine rings is 1. The van der Waals surface area contributed by atoms with Gasteiger partial charge in [0.25, 0.3) is 6.43 Å². The van der Waals surface area contributed by atoms with E-state index < -0.39 is 6.43 Å². The van der Waals surface area contributed by atoms with Crippen LogP contribution in [0.4, 0.5) is 20.4 Å². The van der Waals surface area contributed by atoms with E-state index in [9.17, 15) is 8.78 Å². The van der Waals surface area contributed by atoms with Crippen molar-refractivity contribution >= 4 is 11.6 Å². The quantitative estimate of drug-likeness (QED) is 0.711. The summed E-state index contributed by atoms with van der Waals surface area (Å²) in [6.45, 7) is 12.7. The van der Waals surface area contributed by atoms with Crippen molar-refractivity contribution < 1.29 is 13.5 Å². The summed E-state index contributed by atoms with van der Waals surface area (Å²) in [5.74, 6) is 0.839. The fraction of sp³-hybridized carbons (Fsp3) is 0.739. The monoisotopic (exact) mass is 448 g/mol. The van der Waals surface area contributed by atoms with Gasteiger partial charge in [0, 0.05) is 69.9 Å². The first-order chi connectivity index (χ1) is 15.4. The first-order valence-corrected chi connectivity index (χ1v) is 11.8. The molecule has 5 rings (SSSR count). The van der Waals surface area contributed by atoms with Crippen LogP contribution in [0.2, 0.25) is 0 Å². The van der Waals surface area contributed by atoms with E-state index in [1.54, 1.807) is 0 Å². The number of piperazine rings is 1. The van der Waals surface area contributed by atoms with Crippen molar-refractivity contribution in [3.8, 4) is 0 Å². The average molecular weight is 449 g/mol. The van der Waals surface area contributed by atoms with Gasteiger partial charge >= 0.3 is 0 Å². The number of halogens is 2. The van der Waals surface area contributed by atoms with Gasteiger partial charge in [-0.2, -0.15) is 0 Å². The topological polar surface area (TPSA) is 56.8 Å². The van der Waals surface area contributed by atoms with Crippen molar-refractivity contribution in [3.63, 3.8) is 0 Å². The largest absolute Gasteiger partial charge is 0.366 e. The van der Waals surface area contributed by atoms with E-state index in [1.807, 2.05) is 6.07 Å². The zero-order valence-corrected chi connectivity index (χ0v) is 19.2. The molecule has 1 aromatic rings. The maximum Gasteiger partial charge on any atom is 0.297 e. The molecule has 176 valence electrons. The Hall–Kier alpha value is -1.84. The predicted octanol–water partition coefficient (Wildman–Crippen LogP) is 2.60. The minimum absolute atomic E-state index is 0.140. The fourth-order valence-corrected chi connectivity index (χ4v) is 5.82. The fourth-order valence-electron chi connectivity index (χ4n) is 5.82. The average Bonchev–Trinajstić information content (AvgIpc) is 3.12. The van der Waals surface area contributed by atoms with Crippen LogP contribution < -0.4 is 15.1 Å². The molecule has 0 radical (unpaired) electrons. The number of ether oxygens (including phenoxy) is 1. The van der Waals surface area contributed by atoms with Crippen LogP contribution in [0.1, 0.15) is 45.9 Å². The Morgan fingerprint density at radius 3 is 2.44 bits per heavy atom. The molecule has 0 saturated carbocycles. The van der Waals surface area contributed by atoms with E-state index in [0.29, 0.717) is 24.3 Å². The molecule has 0 aliphatic carbocycles. The maximum absolute atomic E-state index is 13.7. The van der Waals surface area contributed by atoms with Gasteiger partial charge in [-0.3, -0.25) is 4.90 Å². The lowest BCUT2D eigenvalue weighted by Crippen LogP contribution is -2.68. The van der Waals surface area contributed by atoms with E-state index in [0.717, 1.165) is 52.1 Å². The van der Waals surface area contributed by atoms with Gasteiger partial charge in [0.15, 0.2) is 5.82 Å². The van der Waals surface area contributed by atoms with Crippen LogP contribution in [-0.4, -0.2) is 84.5 Å². The number of nitrogens with one attached hydrogen (secondary N) is 1. The third kappa shape index (κ3) is 3.78. The number of hydrogen-bond acceptors (Lipinski definition) is 7. The van der Waals surface area contributed by atoms with E-state index in [2.05, 4.69) is 56.8 Å². The number of alkyl halides is 2. The van der Waals surface area contributed by atoms with Crippen LogP contribution >= 0.6 is 0 Å². The van der Waals surface area contributed by atoms with Gasteiger partial charge in [-0.1, -0.05) is 6.08 Å². The van der Waals surface area contributed by atoms with Gasteiger partial charge in [0.2, 0.25) is 0 Å². The highest BCUT2D eigenvalue weighted by Gasteiger charge is 2.44. The van der Waals surface area contributed by atoms with Crippen molar-refractivity contribution in [2.24, 2.45) is 0 Å². The number of rotatable bonds is 4. The summed E-state index contributed by atoms with van der Waals surface area (Å²) >= 11 is 0. The first kappa shape index (κ1) is 22.0. The zero-order chi connectivity index (χ0) is 22.5. The SMILES string of the molecule is CC1=CCOC12CCN(c1cc(N3C[C@@H](N4CCNCC4)[C@H]3C)nc(C(F)F)n1)[C@H](C)C2. The second kappa shape index (κ2) is 8.50. The lowest BCUT2D eigenvalue weighted by molar-refractivity contribution is -0.00867. The molecular weight excluding hydrogens is 414 g/mol. The number of nitrogens with zero attached hydrogens (tertiary/aromatic N) is 5. The van der Waals surface area contributed by atoms with Crippen molar-refractivity contribution in [1.29, 1.82) is 0 Å². The van der Waals surface area contributed by atoms with Crippen LogP contribution in [0.5, 0.6) is 0 Å². The Kier molecular flexibility index (Phi) is 5.84. The smallest absolute Gasteiger partial charge is 0.297 e. The number of aromatic nitrogens is 2. The van der Waals surface area contributed by atoms with Crippen LogP contribution in [-0.2, 0) is 4.74 Å². The van der Waals surface area contributed by atoms with E-state index in [-0.39, 0.29) is 23.5 Å². The molecular formula is C23H34F2N6O. The van der Waals surface area contributed by atoms with Gasteiger partial charge in [-0.05, 0) is 32.8 Å². The molecule has 3 saturated heterocycles. The summed E-state index contributed by atoms with van der Waals surface area (Å²) in [6.07, 6.45) is 1.14. The Morgan fingerprint density at radius 2 is 1.84 bits per heavy atom. The Morgan fingerprint density at radius 1 is 1.12 bits per heavy atom. The zero-order valence-electron chi connectivity index (χ0n) is 19.2. The lowest BCUT2D eigenvalue weighted by Gasteiger charge is -2.53. The van der Waals surface area contributed by atoms with Crippen LogP contribution in [0.25, 0.3) is 0 Å². The summed E-state index contributed by atoms with van der Waals surface area (Å²) in [4.78, 5) is 15.3. The molecule has 1 aromatic heterocycles. The molecule has 4 atom stereocenters. The minimum Gasteiger partial charge on any atom is -0.366 e. The Labute approximate surface area is 188 Å². The Balaban J connectivity index is 1.36. The van der Waals surface area contributed by atoms with Gasteiger partial charge in [0.1, 0.15) is 11.6 Å². The van der Waals surface area contributed by atoms with Gasteiger partial charge in [-0.25, -0.2) is 18.7 Å². The second-order valence-corrected chi connectivity index (χ2v) is 9.68. The summed E-state index contributed by atoms with van der Waals surface area (Å²) in [5.41, 5.74) is 1.08. The third-order valence-electron chi connectivity index (χ3n) is 7.93. The molecule has 1 N–H and O–H groups in total. The Bertz CT molecular complexity index is 876. The van der Waals surface area contributed by atoms with Crippen molar-refractivity contribution in [2.45, 2.75) is 63.8 Å². The highest BCUT2D eigenvalue weighted by Crippen LogP contribution is 2.41. The van der Waals surface area contributed by atoms with Gasteiger partial charge < -0.3 is 19.9 Å². The number of anilines is 2. The molecule has 3 fully saturated rings. The van der Waals surface area contributed by atoms with Gasteiger partial charge in [0.05, 0.1) is 12.2 Å². The normalized spacial score (nSPS) is 33.7. The standard InChI is InChI=1S/C23H34F2N6O/c1-15-4-11-32-23(15)5-8-30(16(2)13-23)19-12-20(28-22(27-19)21(24)25)31-14-18(17(31)3)29-9-6-26-7-10-29/h4,12,16-18,21,26H,5-11,13-14H2,1-3H3/t16-,17-,18-,23?/m1/s1. The van der Waals surface area contributed by atoms with E-state index in [1.165, 1.54) is 5.57 Å². The lowest BCUT2D eigenvalue weighted by atomic mass is 9.82. The predicted molar refractivity (Wildman–Crippen MR) is 121 cm³/mol. The molecule has 1 spiro atoms. The van der Waals surface area contributed by atoms with Crippen LogP contribution in [0.3, 0.4) is 0 Å². The van der Waals surface area contributed by atoms with Crippen LogP contribution in [0, 0.1) is 0 Å². The molecule has 0 aromatic carbocycles. The molecule has 7 nitrogen and oxygen atoms in total. The van der Waals surface area contributed by atoms with Crippen molar-refractivity contribution in [2.75, 3.05) is 55.7 Å². The van der Waals surface area contributed by atoms with Crippen molar-refractivity contribution in [3.05, 3.63) is 23.5 Å². The second-order valence-electron chi connectivity index (χ2n) is 9.68. The summed E-state index contributed by atoms with van der Waals surface area (Å²) in [5, 5.41) is 3.39. The highest BCUT2D eigenvalue weighted by molar-refractivity contribution is 5.55. The van der Waals surface area contributed by atoms with E-state index in [4.69, 9.17) is 4.74 Å². The molecule has 5 heterocycles. The van der Waals surface area contributed by atoms with E-state index >= 15 is 0 Å². The molecule has 1 unspecified atom stereocenters. The minimum atomic E-state index is -2.69. The summed E-state index contributed by atoms with van der Waals surface area (Å²) in [6, 6.07) is 2.72. The molecule has 0 amide bonds. The molecule has 0 bridgehead atoms. The molecule has 9 heteroatoms. The summed E-state index contributed by atoms with van der Waals surface area (Å²) in [7, 11) is 0. The van der Waals surface area contributed by atoms with Gasteiger partial charge in [-0.15, -0.1) is 0 Å². The molecule has 4 aliphatic heterocycles. The summed E-state index contributed by atoms with van der Waals surface area (Å²) < 4.78 is 33.5.